The van der Waals surface area contributed by atoms with Gasteiger partial charge in [0.15, 0.2) is 0 Å². The molecule has 4 atom stereocenters. The number of ether oxygens (including phenoxy) is 1. The van der Waals surface area contributed by atoms with Gasteiger partial charge < -0.3 is 15.4 Å². The van der Waals surface area contributed by atoms with E-state index >= 15 is 0 Å². The van der Waals surface area contributed by atoms with Crippen molar-refractivity contribution in [1.29, 1.82) is 0 Å². The molecule has 1 saturated carbocycles. The molecule has 4 heteroatoms. The molecular formula is C21H34N2O2. The zero-order chi connectivity index (χ0) is 18.4. The Hall–Kier alpha value is -1.39. The van der Waals surface area contributed by atoms with Crippen LogP contribution in [0, 0.1) is 11.8 Å². The number of carbonyl (C=O) groups is 1. The molecule has 25 heavy (non-hydrogen) atoms. The van der Waals surface area contributed by atoms with E-state index in [2.05, 4.69) is 25.1 Å². The molecule has 1 aliphatic carbocycles. The lowest BCUT2D eigenvalue weighted by atomic mass is 9.75. The molecule has 2 N–H and O–H groups in total. The summed E-state index contributed by atoms with van der Waals surface area (Å²) in [7, 11) is 4.28. The number of nitrogens with zero attached hydrogens (tertiary/aromatic N) is 1. The minimum Gasteiger partial charge on any atom is -0.425 e. The molecule has 4 nitrogen and oxygen atoms in total. The normalized spacial score (nSPS) is 23.3. The van der Waals surface area contributed by atoms with E-state index in [1.54, 1.807) is 0 Å². The van der Waals surface area contributed by atoms with Gasteiger partial charge in [0.1, 0.15) is 11.8 Å². The van der Waals surface area contributed by atoms with Crippen molar-refractivity contribution in [3.8, 4) is 5.75 Å². The molecule has 1 unspecified atom stereocenters. The van der Waals surface area contributed by atoms with Gasteiger partial charge >= 0.3 is 5.97 Å². The van der Waals surface area contributed by atoms with E-state index in [4.69, 9.17) is 10.5 Å². The SMILES string of the molecule is CC[C@H](C)[C@H](N)C(=O)Oc1cccc([C@@H]2CCCCC2CN(C)C)c1. The van der Waals surface area contributed by atoms with Crippen molar-refractivity contribution in [2.24, 2.45) is 17.6 Å². The van der Waals surface area contributed by atoms with Gasteiger partial charge in [-0.15, -0.1) is 0 Å². The monoisotopic (exact) mass is 346 g/mol. The molecule has 0 spiro atoms. The van der Waals surface area contributed by atoms with Gasteiger partial charge in [0, 0.05) is 6.54 Å². The largest absolute Gasteiger partial charge is 0.425 e. The Labute approximate surface area is 152 Å². The molecule has 0 bridgehead atoms. The Morgan fingerprint density at radius 3 is 2.72 bits per heavy atom. The zero-order valence-corrected chi connectivity index (χ0v) is 16.2. The van der Waals surface area contributed by atoms with E-state index in [1.807, 2.05) is 32.0 Å². The molecule has 1 aromatic carbocycles. The summed E-state index contributed by atoms with van der Waals surface area (Å²) in [4.78, 5) is 14.5. The van der Waals surface area contributed by atoms with E-state index in [0.29, 0.717) is 17.6 Å². The highest BCUT2D eigenvalue weighted by atomic mass is 16.5. The van der Waals surface area contributed by atoms with Crippen molar-refractivity contribution in [3.63, 3.8) is 0 Å². The van der Waals surface area contributed by atoms with Gasteiger partial charge in [-0.1, -0.05) is 45.2 Å². The van der Waals surface area contributed by atoms with Crippen LogP contribution in [-0.4, -0.2) is 37.6 Å². The summed E-state index contributed by atoms with van der Waals surface area (Å²) in [5.41, 5.74) is 7.28. The predicted octanol–water partition coefficient (Wildman–Crippen LogP) is 3.80. The quantitative estimate of drug-likeness (QED) is 0.603. The van der Waals surface area contributed by atoms with E-state index in [9.17, 15) is 4.79 Å². The average Bonchev–Trinajstić information content (AvgIpc) is 2.60. The van der Waals surface area contributed by atoms with Crippen molar-refractivity contribution < 1.29 is 9.53 Å². The fraction of sp³-hybridized carbons (Fsp3) is 0.667. The van der Waals surface area contributed by atoms with Crippen molar-refractivity contribution in [1.82, 2.24) is 4.90 Å². The van der Waals surface area contributed by atoms with E-state index < -0.39 is 6.04 Å². The van der Waals surface area contributed by atoms with Crippen LogP contribution < -0.4 is 10.5 Å². The van der Waals surface area contributed by atoms with Crippen molar-refractivity contribution in [2.45, 2.75) is 57.9 Å². The summed E-state index contributed by atoms with van der Waals surface area (Å²) >= 11 is 0. The number of esters is 1. The molecule has 0 amide bonds. The second-order valence-corrected chi connectivity index (χ2v) is 7.82. The third-order valence-corrected chi connectivity index (χ3v) is 5.54. The van der Waals surface area contributed by atoms with E-state index in [-0.39, 0.29) is 11.9 Å². The first-order valence-corrected chi connectivity index (χ1v) is 9.64. The van der Waals surface area contributed by atoms with Gasteiger partial charge in [-0.05, 0) is 62.4 Å². The molecule has 1 aliphatic rings. The Morgan fingerprint density at radius 2 is 2.04 bits per heavy atom. The zero-order valence-electron chi connectivity index (χ0n) is 16.2. The number of hydrogen-bond acceptors (Lipinski definition) is 4. The molecule has 1 fully saturated rings. The molecule has 0 saturated heterocycles. The summed E-state index contributed by atoms with van der Waals surface area (Å²) in [5.74, 6) is 1.61. The summed E-state index contributed by atoms with van der Waals surface area (Å²) in [6.07, 6.45) is 5.93. The fourth-order valence-electron chi connectivity index (χ4n) is 3.81. The summed E-state index contributed by atoms with van der Waals surface area (Å²) in [6, 6.07) is 7.50. The Morgan fingerprint density at radius 1 is 1.32 bits per heavy atom. The topological polar surface area (TPSA) is 55.6 Å². The Bertz CT molecular complexity index is 559. The number of hydrogen-bond donors (Lipinski definition) is 1. The highest BCUT2D eigenvalue weighted by molar-refractivity contribution is 5.78. The maximum absolute atomic E-state index is 12.3. The van der Waals surface area contributed by atoms with Crippen molar-refractivity contribution in [2.75, 3.05) is 20.6 Å². The predicted molar refractivity (Wildman–Crippen MR) is 103 cm³/mol. The van der Waals surface area contributed by atoms with Crippen molar-refractivity contribution >= 4 is 5.97 Å². The van der Waals surface area contributed by atoms with Gasteiger partial charge in [-0.2, -0.15) is 0 Å². The van der Waals surface area contributed by atoms with Crippen LogP contribution in [0.4, 0.5) is 0 Å². The second kappa shape index (κ2) is 9.35. The third kappa shape index (κ3) is 5.55. The fourth-order valence-corrected chi connectivity index (χ4v) is 3.81. The van der Waals surface area contributed by atoms with Gasteiger partial charge in [0.25, 0.3) is 0 Å². The lowest BCUT2D eigenvalue weighted by Crippen LogP contribution is -2.39. The van der Waals surface area contributed by atoms with Crippen LogP contribution in [0.15, 0.2) is 24.3 Å². The van der Waals surface area contributed by atoms with Crippen LogP contribution in [0.25, 0.3) is 0 Å². The molecule has 0 heterocycles. The molecule has 2 rings (SSSR count). The molecule has 0 aromatic heterocycles. The standard InChI is InChI=1S/C21H34N2O2/c1-5-15(2)20(22)21(24)25-18-11-8-10-16(13-18)19-12-7-6-9-17(19)14-23(3)4/h8,10-11,13,15,17,19-20H,5-7,9,12,14,22H2,1-4H3/t15-,17?,19-,20-/m0/s1. The molecule has 0 radical (unpaired) electrons. The highest BCUT2D eigenvalue weighted by Gasteiger charge is 2.27. The van der Waals surface area contributed by atoms with Crippen LogP contribution in [0.5, 0.6) is 5.75 Å². The number of rotatable bonds is 7. The van der Waals surface area contributed by atoms with Crippen LogP contribution in [0.2, 0.25) is 0 Å². The van der Waals surface area contributed by atoms with Gasteiger partial charge in [0.2, 0.25) is 0 Å². The maximum atomic E-state index is 12.3. The average molecular weight is 347 g/mol. The Kier molecular flexibility index (Phi) is 7.45. The molecule has 140 valence electrons. The molecular weight excluding hydrogens is 312 g/mol. The third-order valence-electron chi connectivity index (χ3n) is 5.54. The van der Waals surface area contributed by atoms with Crippen LogP contribution >= 0.6 is 0 Å². The minimum absolute atomic E-state index is 0.124. The number of benzene rings is 1. The van der Waals surface area contributed by atoms with Crippen LogP contribution in [0.3, 0.4) is 0 Å². The maximum Gasteiger partial charge on any atom is 0.328 e. The van der Waals surface area contributed by atoms with Crippen LogP contribution in [0.1, 0.15) is 57.4 Å². The second-order valence-electron chi connectivity index (χ2n) is 7.82. The summed E-state index contributed by atoms with van der Waals surface area (Å²) in [5, 5.41) is 0. The van der Waals surface area contributed by atoms with Crippen LogP contribution in [-0.2, 0) is 4.79 Å². The van der Waals surface area contributed by atoms with E-state index in [1.165, 1.54) is 31.2 Å². The lowest BCUT2D eigenvalue weighted by molar-refractivity contribution is -0.137. The first kappa shape index (κ1) is 19.9. The first-order chi connectivity index (χ1) is 11.9. The molecule has 0 aliphatic heterocycles. The highest BCUT2D eigenvalue weighted by Crippen LogP contribution is 2.39. The lowest BCUT2D eigenvalue weighted by Gasteiger charge is -2.34. The Balaban J connectivity index is 2.10. The number of nitrogens with two attached hydrogens (primary N) is 1. The van der Waals surface area contributed by atoms with Crippen molar-refractivity contribution in [3.05, 3.63) is 29.8 Å². The summed E-state index contributed by atoms with van der Waals surface area (Å²) < 4.78 is 5.57. The van der Waals surface area contributed by atoms with E-state index in [0.717, 1.165) is 13.0 Å². The van der Waals surface area contributed by atoms with Gasteiger partial charge in [-0.3, -0.25) is 0 Å². The van der Waals surface area contributed by atoms with Gasteiger partial charge in [-0.25, -0.2) is 4.79 Å². The molecule has 1 aromatic rings. The first-order valence-electron chi connectivity index (χ1n) is 9.64. The smallest absolute Gasteiger partial charge is 0.328 e. The van der Waals surface area contributed by atoms with Gasteiger partial charge in [0.05, 0.1) is 0 Å². The summed E-state index contributed by atoms with van der Waals surface area (Å²) in [6.45, 7) is 5.12. The minimum atomic E-state index is -0.565. The number of carbonyl (C=O) groups excluding carboxylic acids is 1.